The number of rotatable bonds is 12. The molecule has 0 aliphatic carbocycles. The number of carbonyl (C=O) groups is 2. The molecule has 184 valence electrons. The molecule has 1 saturated heterocycles. The average Bonchev–Trinajstić information content (AvgIpc) is 2.88. The molecule has 2 atom stereocenters. The van der Waals surface area contributed by atoms with Crippen LogP contribution in [0.4, 0.5) is 0 Å². The smallest absolute Gasteiger partial charge is 0.223 e. The number of likely N-dealkylation sites (tertiary alicyclic amines) is 1. The molecule has 1 aliphatic heterocycles. The average molecular weight is 468 g/mol. The largest absolute Gasteiger partial charge is 0.497 e. The van der Waals surface area contributed by atoms with E-state index in [0.29, 0.717) is 19.5 Å². The monoisotopic (exact) mass is 467 g/mol. The zero-order valence-electron chi connectivity index (χ0n) is 20.0. The topological polar surface area (TPSA) is 90.9 Å². The maximum absolute atomic E-state index is 12.7. The number of piperidine rings is 1. The van der Waals surface area contributed by atoms with E-state index in [2.05, 4.69) is 10.6 Å². The van der Waals surface area contributed by atoms with Gasteiger partial charge in [-0.3, -0.25) is 9.59 Å². The van der Waals surface area contributed by atoms with Crippen molar-refractivity contribution < 1.29 is 19.4 Å². The molecule has 1 aliphatic rings. The maximum atomic E-state index is 12.7. The number of nitrogens with one attached hydrogen (secondary N) is 2. The van der Waals surface area contributed by atoms with Crippen molar-refractivity contribution >= 4 is 11.8 Å². The summed E-state index contributed by atoms with van der Waals surface area (Å²) in [5.41, 5.74) is 2.08. The summed E-state index contributed by atoms with van der Waals surface area (Å²) in [4.78, 5) is 26.9. The Kier molecular flexibility index (Phi) is 10.4. The first-order chi connectivity index (χ1) is 16.5. The van der Waals surface area contributed by atoms with Crippen molar-refractivity contribution in [2.24, 2.45) is 0 Å². The van der Waals surface area contributed by atoms with E-state index in [0.717, 1.165) is 49.2 Å². The fourth-order valence-electron chi connectivity index (χ4n) is 4.24. The molecule has 7 heteroatoms. The predicted molar refractivity (Wildman–Crippen MR) is 132 cm³/mol. The van der Waals surface area contributed by atoms with E-state index in [1.54, 1.807) is 7.11 Å². The maximum Gasteiger partial charge on any atom is 0.223 e. The summed E-state index contributed by atoms with van der Waals surface area (Å²) < 4.78 is 5.26. The standard InChI is InChI=1S/C27H37N3O4/c1-34-23-12-8-11-22(17-23)19-28-20-25(31)24(18-21-9-4-2-5-10-21)29-26(32)13-14-27(33)30-15-6-3-7-16-30/h2,4-5,8-12,17,24-25,28,31H,3,6-7,13-16,18-20H2,1H3,(H,29,32)/t24-,25+/m0/s1. The second-order valence-corrected chi connectivity index (χ2v) is 8.85. The van der Waals surface area contributed by atoms with Gasteiger partial charge in [0, 0.05) is 39.0 Å². The molecule has 0 saturated carbocycles. The molecule has 2 amide bonds. The molecule has 0 radical (unpaired) electrons. The Morgan fingerprint density at radius 3 is 2.47 bits per heavy atom. The minimum Gasteiger partial charge on any atom is -0.497 e. The molecule has 34 heavy (non-hydrogen) atoms. The van der Waals surface area contributed by atoms with Gasteiger partial charge in [-0.1, -0.05) is 42.5 Å². The third kappa shape index (κ3) is 8.47. The van der Waals surface area contributed by atoms with Crippen LogP contribution in [0.25, 0.3) is 0 Å². The van der Waals surface area contributed by atoms with Crippen LogP contribution < -0.4 is 15.4 Å². The number of amides is 2. The van der Waals surface area contributed by atoms with Gasteiger partial charge < -0.3 is 25.4 Å². The summed E-state index contributed by atoms with van der Waals surface area (Å²) in [7, 11) is 1.63. The first-order valence-corrected chi connectivity index (χ1v) is 12.2. The van der Waals surface area contributed by atoms with Crippen molar-refractivity contribution in [1.29, 1.82) is 0 Å². The van der Waals surface area contributed by atoms with Gasteiger partial charge >= 0.3 is 0 Å². The van der Waals surface area contributed by atoms with Crippen molar-refractivity contribution in [3.05, 3.63) is 65.7 Å². The van der Waals surface area contributed by atoms with Crippen molar-refractivity contribution in [3.63, 3.8) is 0 Å². The van der Waals surface area contributed by atoms with Gasteiger partial charge in [0.15, 0.2) is 0 Å². The predicted octanol–water partition coefficient (Wildman–Crippen LogP) is 2.67. The van der Waals surface area contributed by atoms with Crippen LogP contribution in [-0.4, -0.2) is 60.7 Å². The summed E-state index contributed by atoms with van der Waals surface area (Å²) in [5, 5.41) is 17.1. The third-order valence-corrected chi connectivity index (χ3v) is 6.20. The highest BCUT2D eigenvalue weighted by molar-refractivity contribution is 5.84. The lowest BCUT2D eigenvalue weighted by molar-refractivity contribution is -0.134. The number of hydrogen-bond acceptors (Lipinski definition) is 5. The van der Waals surface area contributed by atoms with E-state index in [1.807, 2.05) is 59.5 Å². The van der Waals surface area contributed by atoms with E-state index in [-0.39, 0.29) is 24.7 Å². The van der Waals surface area contributed by atoms with Crippen LogP contribution in [0.3, 0.4) is 0 Å². The number of aliphatic hydroxyl groups is 1. The Morgan fingerprint density at radius 2 is 1.74 bits per heavy atom. The van der Waals surface area contributed by atoms with Crippen molar-refractivity contribution in [2.45, 2.75) is 57.2 Å². The van der Waals surface area contributed by atoms with Crippen molar-refractivity contribution in [2.75, 3.05) is 26.7 Å². The van der Waals surface area contributed by atoms with Crippen LogP contribution in [0.15, 0.2) is 54.6 Å². The molecule has 0 spiro atoms. The fourth-order valence-corrected chi connectivity index (χ4v) is 4.24. The number of methoxy groups -OCH3 is 1. The second kappa shape index (κ2) is 13.7. The van der Waals surface area contributed by atoms with Gasteiger partial charge in [-0.15, -0.1) is 0 Å². The normalized spacial score (nSPS) is 15.4. The van der Waals surface area contributed by atoms with Gasteiger partial charge in [-0.05, 0) is 48.9 Å². The summed E-state index contributed by atoms with van der Waals surface area (Å²) in [6.07, 6.45) is 3.29. The van der Waals surface area contributed by atoms with Gasteiger partial charge in [0.25, 0.3) is 0 Å². The van der Waals surface area contributed by atoms with Gasteiger partial charge in [0.1, 0.15) is 5.75 Å². The van der Waals surface area contributed by atoms with E-state index >= 15 is 0 Å². The highest BCUT2D eigenvalue weighted by Gasteiger charge is 2.23. The number of aliphatic hydroxyl groups excluding tert-OH is 1. The molecule has 2 aromatic carbocycles. The van der Waals surface area contributed by atoms with Crippen LogP contribution in [0.5, 0.6) is 5.75 Å². The highest BCUT2D eigenvalue weighted by Crippen LogP contribution is 2.13. The SMILES string of the molecule is COc1cccc(CNC[C@@H](O)[C@H](Cc2ccccc2)NC(=O)CCC(=O)N2CCCCC2)c1. The minimum atomic E-state index is -0.785. The molecule has 0 bridgehead atoms. The minimum absolute atomic E-state index is 0.0370. The molecule has 0 aromatic heterocycles. The second-order valence-electron chi connectivity index (χ2n) is 8.85. The Labute approximate surface area is 202 Å². The zero-order valence-corrected chi connectivity index (χ0v) is 20.0. The van der Waals surface area contributed by atoms with Crippen LogP contribution in [0.2, 0.25) is 0 Å². The number of ether oxygens (including phenoxy) is 1. The molecule has 2 aromatic rings. The van der Waals surface area contributed by atoms with E-state index in [4.69, 9.17) is 4.74 Å². The fraction of sp³-hybridized carbons (Fsp3) is 0.481. The first-order valence-electron chi connectivity index (χ1n) is 12.2. The first kappa shape index (κ1) is 25.7. The Morgan fingerprint density at radius 1 is 1.00 bits per heavy atom. The Balaban J connectivity index is 1.52. The van der Waals surface area contributed by atoms with E-state index < -0.39 is 12.1 Å². The Bertz CT molecular complexity index is 900. The van der Waals surface area contributed by atoms with Gasteiger partial charge in [-0.25, -0.2) is 0 Å². The molecule has 3 N–H and O–H groups in total. The molecule has 1 fully saturated rings. The van der Waals surface area contributed by atoms with Crippen LogP contribution in [0, 0.1) is 0 Å². The number of carbonyl (C=O) groups excluding carboxylic acids is 2. The van der Waals surface area contributed by atoms with E-state index in [9.17, 15) is 14.7 Å². The van der Waals surface area contributed by atoms with Crippen LogP contribution >= 0.6 is 0 Å². The van der Waals surface area contributed by atoms with Crippen LogP contribution in [-0.2, 0) is 22.6 Å². The molecule has 3 rings (SSSR count). The molecule has 1 heterocycles. The number of nitrogens with zero attached hydrogens (tertiary/aromatic N) is 1. The lowest BCUT2D eigenvalue weighted by atomic mass is 10.0. The third-order valence-electron chi connectivity index (χ3n) is 6.20. The van der Waals surface area contributed by atoms with Gasteiger partial charge in [0.05, 0.1) is 19.3 Å². The molecule has 7 nitrogen and oxygen atoms in total. The van der Waals surface area contributed by atoms with Gasteiger partial charge in [-0.2, -0.15) is 0 Å². The summed E-state index contributed by atoms with van der Waals surface area (Å²) in [6.45, 7) is 2.47. The highest BCUT2D eigenvalue weighted by atomic mass is 16.5. The van der Waals surface area contributed by atoms with E-state index in [1.165, 1.54) is 0 Å². The zero-order chi connectivity index (χ0) is 24.2. The summed E-state index contributed by atoms with van der Waals surface area (Å²) >= 11 is 0. The van der Waals surface area contributed by atoms with Crippen LogP contribution in [0.1, 0.15) is 43.2 Å². The van der Waals surface area contributed by atoms with Crippen molar-refractivity contribution in [1.82, 2.24) is 15.5 Å². The lowest BCUT2D eigenvalue weighted by Gasteiger charge is -2.27. The Hall–Kier alpha value is -2.90. The number of hydrogen-bond donors (Lipinski definition) is 3. The molecule has 0 unspecified atom stereocenters. The summed E-state index contributed by atoms with van der Waals surface area (Å²) in [5.74, 6) is 0.612. The van der Waals surface area contributed by atoms with Crippen molar-refractivity contribution in [3.8, 4) is 5.75 Å². The quantitative estimate of drug-likeness (QED) is 0.447. The van der Waals surface area contributed by atoms with Gasteiger partial charge in [0.2, 0.25) is 11.8 Å². The summed E-state index contributed by atoms with van der Waals surface area (Å²) in [6, 6.07) is 17.1. The molecular weight excluding hydrogens is 430 g/mol. The molecular formula is C27H37N3O4. The number of benzene rings is 2. The lowest BCUT2D eigenvalue weighted by Crippen LogP contribution is -2.48.